The fourth-order valence-corrected chi connectivity index (χ4v) is 8.72. The van der Waals surface area contributed by atoms with Crippen molar-refractivity contribution in [2.24, 2.45) is 23.7 Å². The average Bonchev–Trinajstić information content (AvgIpc) is 3.18. The third-order valence-electron chi connectivity index (χ3n) is 11.0. The Bertz CT molecular complexity index is 1560. The Morgan fingerprint density at radius 2 is 0.618 bits per heavy atom. The highest BCUT2D eigenvalue weighted by molar-refractivity contribution is 7.91. The van der Waals surface area contributed by atoms with Crippen molar-refractivity contribution in [2.75, 3.05) is 11.5 Å². The van der Waals surface area contributed by atoms with Gasteiger partial charge in [0.25, 0.3) is 0 Å². The van der Waals surface area contributed by atoms with E-state index in [1.165, 1.54) is 0 Å². The van der Waals surface area contributed by atoms with Gasteiger partial charge in [-0.25, -0.2) is 8.42 Å². The van der Waals surface area contributed by atoms with Gasteiger partial charge in [-0.15, -0.1) is 0 Å². The van der Waals surface area contributed by atoms with Gasteiger partial charge in [-0.05, 0) is 137 Å². The summed E-state index contributed by atoms with van der Waals surface area (Å²) in [6.45, 7) is 13.4. The molecule has 0 aliphatic rings. The number of rotatable bonds is 26. The van der Waals surface area contributed by atoms with E-state index in [2.05, 4.69) is 41.5 Å². The van der Waals surface area contributed by atoms with Gasteiger partial charge in [0.05, 0.1) is 23.7 Å². The Hall–Kier alpha value is -3.97. The summed E-state index contributed by atoms with van der Waals surface area (Å²) in [6, 6.07) is 39.1. The summed E-state index contributed by atoms with van der Waals surface area (Å²) in [5.41, 5.74) is 0. The first-order valence-electron chi connectivity index (χ1n) is 20.5. The SMILES string of the molecule is CC(CCC(C)C(C)CCC(CS(=O)(=O)CC(CCC(C)C(C)CCC(C)Oc1ccccc1)Oc1ccccc1)Oc1ccccc1)Oc1ccccc1. The molecule has 0 heterocycles. The number of para-hydroxylation sites is 4. The largest absolute Gasteiger partial charge is 0.491 e. The highest BCUT2D eigenvalue weighted by Gasteiger charge is 2.28. The van der Waals surface area contributed by atoms with Gasteiger partial charge in [0.1, 0.15) is 35.2 Å². The number of hydrogen-bond acceptors (Lipinski definition) is 6. The van der Waals surface area contributed by atoms with Gasteiger partial charge in [0.15, 0.2) is 9.84 Å². The lowest BCUT2D eigenvalue weighted by atomic mass is 9.87. The predicted octanol–water partition coefficient (Wildman–Crippen LogP) is 11.9. The molecule has 0 amide bonds. The molecule has 4 rings (SSSR count). The Kier molecular flexibility index (Phi) is 18.4. The molecule has 0 fully saturated rings. The molecule has 8 unspecified atom stereocenters. The Labute approximate surface area is 332 Å². The van der Waals surface area contributed by atoms with Crippen molar-refractivity contribution in [1.82, 2.24) is 0 Å². The zero-order valence-corrected chi connectivity index (χ0v) is 34.9. The molecule has 0 saturated carbocycles. The second-order valence-electron chi connectivity index (χ2n) is 15.9. The third kappa shape index (κ3) is 17.2. The van der Waals surface area contributed by atoms with Crippen LogP contribution in [0.4, 0.5) is 0 Å². The van der Waals surface area contributed by atoms with Crippen molar-refractivity contribution in [3.8, 4) is 23.0 Å². The quantitative estimate of drug-likeness (QED) is 0.0633. The normalized spacial score (nSPS) is 16.1. The van der Waals surface area contributed by atoms with Crippen LogP contribution in [-0.2, 0) is 9.84 Å². The summed E-state index contributed by atoms with van der Waals surface area (Å²) in [7, 11) is -3.54. The molecular weight excluding hydrogens is 705 g/mol. The van der Waals surface area contributed by atoms with Crippen LogP contribution in [0.3, 0.4) is 0 Å². The van der Waals surface area contributed by atoms with Gasteiger partial charge in [0, 0.05) is 0 Å². The molecule has 300 valence electrons. The van der Waals surface area contributed by atoms with E-state index >= 15 is 0 Å². The van der Waals surface area contributed by atoms with Crippen LogP contribution in [0.1, 0.15) is 92.9 Å². The van der Waals surface area contributed by atoms with Crippen LogP contribution >= 0.6 is 0 Å². The molecule has 0 radical (unpaired) electrons. The minimum absolute atomic E-state index is 0.0507. The number of benzene rings is 4. The standard InChI is InChI=1S/C48H66O6S/c1-37(27-31-41(5)51-43-19-11-7-12-20-43)39(3)29-33-47(53-45-23-15-9-16-24-45)35-55(49,50)36-48(54-46-25-17-10-18-26-46)34-30-40(4)38(2)28-32-42(6)52-44-21-13-8-14-22-44/h7-26,37-42,47-48H,27-36H2,1-6H3. The maximum atomic E-state index is 14.1. The summed E-state index contributed by atoms with van der Waals surface area (Å²) in [5.74, 6) is 4.81. The molecule has 0 N–H and O–H groups in total. The van der Waals surface area contributed by atoms with Gasteiger partial charge in [-0.1, -0.05) is 100 Å². The smallest absolute Gasteiger partial charge is 0.157 e. The van der Waals surface area contributed by atoms with Gasteiger partial charge in [-0.2, -0.15) is 0 Å². The number of ether oxygens (including phenoxy) is 4. The summed E-state index contributed by atoms with van der Waals surface area (Å²) in [4.78, 5) is 0. The molecule has 0 saturated heterocycles. The van der Waals surface area contributed by atoms with Crippen LogP contribution in [0.25, 0.3) is 0 Å². The van der Waals surface area contributed by atoms with Crippen molar-refractivity contribution in [3.63, 3.8) is 0 Å². The molecule has 7 heteroatoms. The van der Waals surface area contributed by atoms with Crippen LogP contribution in [0.5, 0.6) is 23.0 Å². The van der Waals surface area contributed by atoms with E-state index in [1.807, 2.05) is 121 Å². The minimum Gasteiger partial charge on any atom is -0.491 e. The maximum absolute atomic E-state index is 14.1. The molecule has 6 nitrogen and oxygen atoms in total. The molecule has 0 spiro atoms. The van der Waals surface area contributed by atoms with Crippen molar-refractivity contribution >= 4 is 9.84 Å². The second-order valence-corrected chi connectivity index (χ2v) is 18.0. The summed E-state index contributed by atoms with van der Waals surface area (Å²) < 4.78 is 53.1. The molecule has 4 aromatic rings. The van der Waals surface area contributed by atoms with Gasteiger partial charge >= 0.3 is 0 Å². The van der Waals surface area contributed by atoms with Gasteiger partial charge < -0.3 is 18.9 Å². The van der Waals surface area contributed by atoms with E-state index in [-0.39, 0.29) is 23.7 Å². The molecule has 0 bridgehead atoms. The number of sulfone groups is 1. The highest BCUT2D eigenvalue weighted by Crippen LogP contribution is 2.28. The van der Waals surface area contributed by atoms with Crippen LogP contribution in [0.2, 0.25) is 0 Å². The zero-order chi connectivity index (χ0) is 39.5. The topological polar surface area (TPSA) is 71.1 Å². The van der Waals surface area contributed by atoms with Crippen LogP contribution in [0, 0.1) is 23.7 Å². The first kappa shape index (κ1) is 43.8. The first-order valence-corrected chi connectivity index (χ1v) is 22.3. The fourth-order valence-electron chi connectivity index (χ4n) is 6.98. The lowest BCUT2D eigenvalue weighted by Crippen LogP contribution is -2.35. The van der Waals surface area contributed by atoms with Crippen molar-refractivity contribution < 1.29 is 27.4 Å². The van der Waals surface area contributed by atoms with Crippen LogP contribution < -0.4 is 18.9 Å². The van der Waals surface area contributed by atoms with Crippen LogP contribution in [0.15, 0.2) is 121 Å². The fraction of sp³-hybridized carbons (Fsp3) is 0.500. The van der Waals surface area contributed by atoms with E-state index in [4.69, 9.17) is 18.9 Å². The van der Waals surface area contributed by atoms with Crippen molar-refractivity contribution in [3.05, 3.63) is 121 Å². The van der Waals surface area contributed by atoms with E-state index in [0.717, 1.165) is 50.0 Å². The first-order chi connectivity index (χ1) is 26.5. The van der Waals surface area contributed by atoms with Gasteiger partial charge in [0.2, 0.25) is 0 Å². The Morgan fingerprint density at radius 1 is 0.364 bits per heavy atom. The van der Waals surface area contributed by atoms with Crippen molar-refractivity contribution in [2.45, 2.75) is 117 Å². The summed E-state index contributed by atoms with van der Waals surface area (Å²) in [5, 5.41) is 0. The minimum atomic E-state index is -3.54. The summed E-state index contributed by atoms with van der Waals surface area (Å²) >= 11 is 0. The Morgan fingerprint density at radius 3 is 0.909 bits per heavy atom. The monoisotopic (exact) mass is 770 g/mol. The van der Waals surface area contributed by atoms with E-state index in [1.54, 1.807) is 0 Å². The highest BCUT2D eigenvalue weighted by atomic mass is 32.2. The lowest BCUT2D eigenvalue weighted by molar-refractivity contribution is 0.173. The third-order valence-corrected chi connectivity index (χ3v) is 12.8. The van der Waals surface area contributed by atoms with E-state index in [9.17, 15) is 8.42 Å². The number of hydrogen-bond donors (Lipinski definition) is 0. The molecule has 0 aliphatic heterocycles. The molecular formula is C48H66O6S. The van der Waals surface area contributed by atoms with E-state index < -0.39 is 22.0 Å². The van der Waals surface area contributed by atoms with Crippen LogP contribution in [-0.4, -0.2) is 44.3 Å². The molecule has 8 atom stereocenters. The predicted molar refractivity (Wildman–Crippen MR) is 227 cm³/mol. The van der Waals surface area contributed by atoms with Crippen molar-refractivity contribution in [1.29, 1.82) is 0 Å². The zero-order valence-electron chi connectivity index (χ0n) is 34.1. The molecule has 4 aromatic carbocycles. The second kappa shape index (κ2) is 23.2. The van der Waals surface area contributed by atoms with Gasteiger partial charge in [-0.3, -0.25) is 0 Å². The maximum Gasteiger partial charge on any atom is 0.157 e. The summed E-state index contributed by atoms with van der Waals surface area (Å²) in [6.07, 6.45) is 6.36. The molecule has 0 aromatic heterocycles. The Balaban J connectivity index is 1.33. The lowest BCUT2D eigenvalue weighted by Gasteiger charge is -2.27. The van der Waals surface area contributed by atoms with E-state index in [0.29, 0.717) is 48.0 Å². The molecule has 0 aliphatic carbocycles. The molecule has 55 heavy (non-hydrogen) atoms. The average molecular weight is 771 g/mol.